The molecule has 1 aromatic carbocycles. The van der Waals surface area contributed by atoms with E-state index in [1.807, 2.05) is 6.92 Å². The molecule has 1 N–H and O–H groups in total. The van der Waals surface area contributed by atoms with E-state index in [1.165, 1.54) is 16.9 Å². The molecule has 114 valence electrons. The van der Waals surface area contributed by atoms with Gasteiger partial charge in [0.2, 0.25) is 0 Å². The lowest BCUT2D eigenvalue weighted by Gasteiger charge is -2.10. The molecule has 0 spiro atoms. The molecule has 0 aliphatic heterocycles. The number of aryl methyl sites for hydroxylation is 2. The number of aromatic nitrogens is 2. The van der Waals surface area contributed by atoms with Crippen LogP contribution >= 0.6 is 11.3 Å². The highest BCUT2D eigenvalue weighted by molar-refractivity contribution is 7.13. The molecule has 0 saturated carbocycles. The van der Waals surface area contributed by atoms with E-state index in [0.717, 1.165) is 35.0 Å². The van der Waals surface area contributed by atoms with Gasteiger partial charge in [-0.05, 0) is 49.9 Å². The largest absolute Gasteiger partial charge is 0.429 e. The molecule has 1 aromatic heterocycles. The molecule has 2 rings (SSSR count). The molecule has 0 radical (unpaired) electrons. The molecule has 0 atom stereocenters. The van der Waals surface area contributed by atoms with E-state index < -0.39 is 0 Å². The molecule has 4 nitrogen and oxygen atoms in total. The Hall–Kier alpha value is -1.46. The van der Waals surface area contributed by atoms with Gasteiger partial charge >= 0.3 is 0 Å². The Kier molecular flexibility index (Phi) is 5.31. The van der Waals surface area contributed by atoms with E-state index >= 15 is 0 Å². The number of nitrogens with one attached hydrogen (secondary N) is 1. The minimum absolute atomic E-state index is 0.605. The summed E-state index contributed by atoms with van der Waals surface area (Å²) < 4.78 is 5.95. The van der Waals surface area contributed by atoms with Crippen LogP contribution in [-0.2, 0) is 6.54 Å². The summed E-state index contributed by atoms with van der Waals surface area (Å²) in [4.78, 5) is 0. The fourth-order valence-corrected chi connectivity index (χ4v) is 2.65. The molecule has 5 heteroatoms. The third-order valence-electron chi connectivity index (χ3n) is 3.34. The van der Waals surface area contributed by atoms with Crippen molar-refractivity contribution in [2.24, 2.45) is 5.92 Å². The molecule has 0 amide bonds. The molecule has 1 heterocycles. The Balaban J connectivity index is 2.04. The van der Waals surface area contributed by atoms with Gasteiger partial charge in [-0.15, -0.1) is 5.10 Å². The van der Waals surface area contributed by atoms with Gasteiger partial charge in [-0.3, -0.25) is 0 Å². The molecule has 0 aliphatic rings. The molecule has 0 fully saturated rings. The number of hydrogen-bond acceptors (Lipinski definition) is 5. The van der Waals surface area contributed by atoms with Crippen LogP contribution in [0.3, 0.4) is 0 Å². The van der Waals surface area contributed by atoms with E-state index in [2.05, 4.69) is 55.3 Å². The zero-order chi connectivity index (χ0) is 15.4. The third-order valence-corrected chi connectivity index (χ3v) is 4.14. The highest BCUT2D eigenvalue weighted by atomic mass is 32.1. The lowest BCUT2D eigenvalue weighted by molar-refractivity contribution is 0.465. The van der Waals surface area contributed by atoms with Crippen molar-refractivity contribution >= 4 is 11.3 Å². The summed E-state index contributed by atoms with van der Waals surface area (Å²) in [6.07, 6.45) is 0. The normalized spacial score (nSPS) is 11.1. The maximum absolute atomic E-state index is 5.95. The molecule has 0 unspecified atom stereocenters. The summed E-state index contributed by atoms with van der Waals surface area (Å²) in [5.74, 6) is 1.53. The summed E-state index contributed by atoms with van der Waals surface area (Å²) in [6, 6.07) is 4.18. The van der Waals surface area contributed by atoms with Crippen LogP contribution in [0.25, 0.3) is 0 Å². The van der Waals surface area contributed by atoms with Gasteiger partial charge in [-0.1, -0.05) is 42.4 Å². The van der Waals surface area contributed by atoms with E-state index in [-0.39, 0.29) is 0 Å². The molecule has 21 heavy (non-hydrogen) atoms. The van der Waals surface area contributed by atoms with Gasteiger partial charge in [0.05, 0.1) is 0 Å². The van der Waals surface area contributed by atoms with Crippen molar-refractivity contribution in [2.45, 2.75) is 41.2 Å². The fraction of sp³-hybridized carbons (Fsp3) is 0.500. The van der Waals surface area contributed by atoms with Gasteiger partial charge in [0.1, 0.15) is 10.8 Å². The average molecular weight is 305 g/mol. The van der Waals surface area contributed by atoms with Crippen LogP contribution in [0.2, 0.25) is 0 Å². The quantitative estimate of drug-likeness (QED) is 0.876. The Bertz CT molecular complexity index is 608. The van der Waals surface area contributed by atoms with Crippen LogP contribution in [-0.4, -0.2) is 16.7 Å². The van der Waals surface area contributed by atoms with Gasteiger partial charge in [0, 0.05) is 6.54 Å². The van der Waals surface area contributed by atoms with Crippen molar-refractivity contribution < 1.29 is 4.74 Å². The highest BCUT2D eigenvalue weighted by Crippen LogP contribution is 2.32. The van der Waals surface area contributed by atoms with Crippen molar-refractivity contribution in [1.82, 2.24) is 15.5 Å². The minimum Gasteiger partial charge on any atom is -0.429 e. The van der Waals surface area contributed by atoms with Gasteiger partial charge in [0.15, 0.2) is 0 Å². The zero-order valence-corrected chi connectivity index (χ0v) is 14.2. The number of ether oxygens (including phenoxy) is 1. The van der Waals surface area contributed by atoms with E-state index in [1.54, 1.807) is 0 Å². The number of hydrogen-bond donors (Lipinski definition) is 1. The Morgan fingerprint density at radius 2 is 1.86 bits per heavy atom. The second kappa shape index (κ2) is 7.00. The maximum Gasteiger partial charge on any atom is 0.299 e. The fourth-order valence-electron chi connectivity index (χ4n) is 1.99. The number of benzene rings is 1. The topological polar surface area (TPSA) is 47.0 Å². The second-order valence-corrected chi connectivity index (χ2v) is 6.77. The summed E-state index contributed by atoms with van der Waals surface area (Å²) in [5.41, 5.74) is 3.50. The standard InChI is InChI=1S/C16H23N3OS/c1-10(2)8-17-9-14-18-19-16(21-14)20-15-12(4)7-6-11(3)13(15)5/h6-7,10,17H,8-9H2,1-5H3. The smallest absolute Gasteiger partial charge is 0.299 e. The van der Waals surface area contributed by atoms with Crippen LogP contribution in [0.5, 0.6) is 10.9 Å². The van der Waals surface area contributed by atoms with E-state index in [4.69, 9.17) is 4.74 Å². The first kappa shape index (κ1) is 15.9. The second-order valence-electron chi connectivity index (χ2n) is 5.74. The van der Waals surface area contributed by atoms with Gasteiger partial charge in [-0.2, -0.15) is 0 Å². The summed E-state index contributed by atoms with van der Waals surface area (Å²) in [5, 5.41) is 13.2. The molecular weight excluding hydrogens is 282 g/mol. The van der Waals surface area contributed by atoms with E-state index in [9.17, 15) is 0 Å². The monoisotopic (exact) mass is 305 g/mol. The van der Waals surface area contributed by atoms with Crippen LogP contribution in [0, 0.1) is 26.7 Å². The Morgan fingerprint density at radius 3 is 2.57 bits per heavy atom. The van der Waals surface area contributed by atoms with Crippen LogP contribution in [0.15, 0.2) is 12.1 Å². The molecule has 0 saturated heterocycles. The molecule has 2 aromatic rings. The summed E-state index contributed by atoms with van der Waals surface area (Å²) in [7, 11) is 0. The van der Waals surface area contributed by atoms with Crippen molar-refractivity contribution in [1.29, 1.82) is 0 Å². The SMILES string of the molecule is Cc1ccc(C)c(Oc2nnc(CNCC(C)C)s2)c1C. The van der Waals surface area contributed by atoms with Crippen LogP contribution in [0.1, 0.15) is 35.5 Å². The van der Waals surface area contributed by atoms with Crippen molar-refractivity contribution in [3.05, 3.63) is 33.8 Å². The Labute approximate surface area is 130 Å². The summed E-state index contributed by atoms with van der Waals surface area (Å²) in [6.45, 7) is 12.3. The molecular formula is C16H23N3OS. The first-order valence-electron chi connectivity index (χ1n) is 7.25. The average Bonchev–Trinajstić information content (AvgIpc) is 2.86. The van der Waals surface area contributed by atoms with Gasteiger partial charge in [0.25, 0.3) is 5.19 Å². The molecule has 0 bridgehead atoms. The lowest BCUT2D eigenvalue weighted by Crippen LogP contribution is -2.18. The first-order valence-corrected chi connectivity index (χ1v) is 8.06. The van der Waals surface area contributed by atoms with Crippen molar-refractivity contribution in [2.75, 3.05) is 6.54 Å². The number of nitrogens with zero attached hydrogens (tertiary/aromatic N) is 2. The minimum atomic E-state index is 0.605. The van der Waals surface area contributed by atoms with Crippen molar-refractivity contribution in [3.8, 4) is 10.9 Å². The van der Waals surface area contributed by atoms with E-state index in [0.29, 0.717) is 11.1 Å². The Morgan fingerprint density at radius 1 is 1.14 bits per heavy atom. The maximum atomic E-state index is 5.95. The van der Waals surface area contributed by atoms with Gasteiger partial charge < -0.3 is 10.1 Å². The third kappa shape index (κ3) is 4.25. The predicted octanol–water partition coefficient (Wildman–Crippen LogP) is 4.00. The van der Waals surface area contributed by atoms with Crippen molar-refractivity contribution in [3.63, 3.8) is 0 Å². The first-order chi connectivity index (χ1) is 9.97. The zero-order valence-electron chi connectivity index (χ0n) is 13.4. The van der Waals surface area contributed by atoms with Crippen LogP contribution in [0.4, 0.5) is 0 Å². The lowest BCUT2D eigenvalue weighted by atomic mass is 10.1. The predicted molar refractivity (Wildman–Crippen MR) is 87.2 cm³/mol. The van der Waals surface area contributed by atoms with Gasteiger partial charge in [-0.25, -0.2) is 0 Å². The summed E-state index contributed by atoms with van der Waals surface area (Å²) >= 11 is 1.50. The van der Waals surface area contributed by atoms with Crippen LogP contribution < -0.4 is 10.1 Å². The highest BCUT2D eigenvalue weighted by Gasteiger charge is 2.11. The molecule has 0 aliphatic carbocycles. The number of rotatable bonds is 6.